The van der Waals surface area contributed by atoms with Crippen LogP contribution in [0.15, 0.2) is 30.9 Å². The third kappa shape index (κ3) is 4.89. The molecular weight excluding hydrogens is 289 g/mol. The Labute approximate surface area is 120 Å². The Kier molecular flexibility index (Phi) is 5.99. The van der Waals surface area contributed by atoms with Gasteiger partial charge in [0.2, 0.25) is 0 Å². The van der Waals surface area contributed by atoms with E-state index in [-0.39, 0.29) is 18.1 Å². The predicted molar refractivity (Wildman–Crippen MR) is 71.2 cm³/mol. The summed E-state index contributed by atoms with van der Waals surface area (Å²) in [5.74, 6) is -1.83. The SMILES string of the molecule is C=CCOC(=O)N[C@@H](Cc1ccc(F)c(Cl)c1)C(=O)O. The van der Waals surface area contributed by atoms with E-state index >= 15 is 0 Å². The second kappa shape index (κ2) is 7.49. The molecular formula is C13H13ClFNO4. The van der Waals surface area contributed by atoms with Gasteiger partial charge in [-0.2, -0.15) is 0 Å². The van der Waals surface area contributed by atoms with Crippen LogP contribution in [0.4, 0.5) is 9.18 Å². The second-order valence-corrected chi connectivity index (χ2v) is 4.28. The van der Waals surface area contributed by atoms with Gasteiger partial charge in [0.25, 0.3) is 0 Å². The molecule has 0 aliphatic heterocycles. The molecule has 1 atom stereocenters. The molecule has 0 saturated carbocycles. The largest absolute Gasteiger partial charge is 0.480 e. The van der Waals surface area contributed by atoms with Crippen molar-refractivity contribution in [2.75, 3.05) is 6.61 Å². The maximum absolute atomic E-state index is 13.0. The Morgan fingerprint density at radius 1 is 1.55 bits per heavy atom. The molecule has 1 amide bonds. The van der Waals surface area contributed by atoms with E-state index in [1.54, 1.807) is 0 Å². The highest BCUT2D eigenvalue weighted by molar-refractivity contribution is 6.30. The summed E-state index contributed by atoms with van der Waals surface area (Å²) in [5, 5.41) is 11.1. The highest BCUT2D eigenvalue weighted by Gasteiger charge is 2.21. The molecule has 108 valence electrons. The van der Waals surface area contributed by atoms with Gasteiger partial charge >= 0.3 is 12.1 Å². The summed E-state index contributed by atoms with van der Waals surface area (Å²) in [7, 11) is 0. The van der Waals surface area contributed by atoms with Crippen LogP contribution < -0.4 is 5.32 Å². The van der Waals surface area contributed by atoms with Crippen LogP contribution in [0.2, 0.25) is 5.02 Å². The predicted octanol–water partition coefficient (Wildman–Crippen LogP) is 2.39. The molecule has 0 aromatic heterocycles. The number of ether oxygens (including phenoxy) is 1. The zero-order chi connectivity index (χ0) is 15.1. The fraction of sp³-hybridized carbons (Fsp3) is 0.231. The maximum atomic E-state index is 13.0. The Bertz CT molecular complexity index is 521. The fourth-order valence-electron chi connectivity index (χ4n) is 1.42. The molecule has 0 unspecified atom stereocenters. The monoisotopic (exact) mass is 301 g/mol. The van der Waals surface area contributed by atoms with E-state index in [0.29, 0.717) is 5.56 Å². The van der Waals surface area contributed by atoms with E-state index in [9.17, 15) is 14.0 Å². The van der Waals surface area contributed by atoms with Crippen LogP contribution in [-0.2, 0) is 16.0 Å². The van der Waals surface area contributed by atoms with Crippen LogP contribution in [0.5, 0.6) is 0 Å². The average Bonchev–Trinajstić information content (AvgIpc) is 2.39. The van der Waals surface area contributed by atoms with Crippen molar-refractivity contribution in [1.29, 1.82) is 0 Å². The van der Waals surface area contributed by atoms with Crippen LogP contribution in [-0.4, -0.2) is 29.8 Å². The number of carboxylic acids is 1. The van der Waals surface area contributed by atoms with Gasteiger partial charge in [0.05, 0.1) is 5.02 Å². The standard InChI is InChI=1S/C13H13ClFNO4/c1-2-5-20-13(19)16-11(12(17)18)7-8-3-4-10(15)9(14)6-8/h2-4,6,11H,1,5,7H2,(H,16,19)(H,17,18)/t11-/m0/s1. The molecule has 20 heavy (non-hydrogen) atoms. The summed E-state index contributed by atoms with van der Waals surface area (Å²) in [6, 6.07) is 2.64. The molecule has 0 bridgehead atoms. The smallest absolute Gasteiger partial charge is 0.408 e. The molecule has 0 aliphatic carbocycles. The summed E-state index contributed by atoms with van der Waals surface area (Å²) in [5.41, 5.74) is 0.479. The number of hydrogen-bond acceptors (Lipinski definition) is 3. The lowest BCUT2D eigenvalue weighted by atomic mass is 10.1. The number of hydrogen-bond donors (Lipinski definition) is 2. The third-order valence-corrected chi connectivity index (χ3v) is 2.64. The first-order chi connectivity index (χ1) is 9.43. The summed E-state index contributed by atoms with van der Waals surface area (Å²) in [6.07, 6.45) is 0.443. The maximum Gasteiger partial charge on any atom is 0.408 e. The Morgan fingerprint density at radius 2 is 2.25 bits per heavy atom. The molecule has 2 N–H and O–H groups in total. The van der Waals surface area contributed by atoms with Crippen LogP contribution >= 0.6 is 11.6 Å². The average molecular weight is 302 g/mol. The number of carbonyl (C=O) groups excluding carboxylic acids is 1. The Morgan fingerprint density at radius 3 is 2.80 bits per heavy atom. The number of carbonyl (C=O) groups is 2. The van der Waals surface area contributed by atoms with Gasteiger partial charge in [-0.15, -0.1) is 0 Å². The second-order valence-electron chi connectivity index (χ2n) is 3.87. The van der Waals surface area contributed by atoms with Crippen LogP contribution in [0.3, 0.4) is 0 Å². The molecule has 1 aromatic carbocycles. The van der Waals surface area contributed by atoms with E-state index < -0.39 is 23.9 Å². The molecule has 0 radical (unpaired) electrons. The minimum absolute atomic E-state index is 0.0272. The van der Waals surface area contributed by atoms with Crippen molar-refractivity contribution in [2.45, 2.75) is 12.5 Å². The summed E-state index contributed by atoms with van der Waals surface area (Å²) < 4.78 is 17.6. The minimum Gasteiger partial charge on any atom is -0.480 e. The third-order valence-electron chi connectivity index (χ3n) is 2.35. The zero-order valence-corrected chi connectivity index (χ0v) is 11.2. The number of alkyl carbamates (subject to hydrolysis) is 1. The van der Waals surface area contributed by atoms with Gasteiger partial charge in [0.1, 0.15) is 18.5 Å². The molecule has 0 heterocycles. The molecule has 1 aromatic rings. The molecule has 0 spiro atoms. The zero-order valence-electron chi connectivity index (χ0n) is 10.4. The first kappa shape index (κ1) is 16.0. The quantitative estimate of drug-likeness (QED) is 0.791. The number of benzene rings is 1. The number of carboxylic acid groups (broad SMARTS) is 1. The van der Waals surface area contributed by atoms with Gasteiger partial charge in [-0.05, 0) is 17.7 Å². The number of halogens is 2. The Balaban J connectivity index is 2.71. The number of rotatable bonds is 6. The fourth-order valence-corrected chi connectivity index (χ4v) is 1.62. The highest BCUT2D eigenvalue weighted by Crippen LogP contribution is 2.17. The van der Waals surface area contributed by atoms with Gasteiger partial charge in [-0.1, -0.05) is 30.3 Å². The van der Waals surface area contributed by atoms with Gasteiger partial charge < -0.3 is 15.2 Å². The van der Waals surface area contributed by atoms with E-state index in [0.717, 1.165) is 6.07 Å². The van der Waals surface area contributed by atoms with Gasteiger partial charge in [0.15, 0.2) is 0 Å². The molecule has 0 aliphatic rings. The highest BCUT2D eigenvalue weighted by atomic mass is 35.5. The van der Waals surface area contributed by atoms with Crippen molar-refractivity contribution in [2.24, 2.45) is 0 Å². The van der Waals surface area contributed by atoms with Gasteiger partial charge in [-0.25, -0.2) is 14.0 Å². The van der Waals surface area contributed by atoms with Crippen molar-refractivity contribution in [1.82, 2.24) is 5.32 Å². The van der Waals surface area contributed by atoms with Crippen molar-refractivity contribution >= 4 is 23.7 Å². The first-order valence-electron chi connectivity index (χ1n) is 5.65. The van der Waals surface area contributed by atoms with Gasteiger partial charge in [-0.3, -0.25) is 0 Å². The van der Waals surface area contributed by atoms with E-state index in [1.165, 1.54) is 18.2 Å². The van der Waals surface area contributed by atoms with E-state index in [1.807, 2.05) is 0 Å². The van der Waals surface area contributed by atoms with Crippen molar-refractivity contribution < 1.29 is 23.8 Å². The van der Waals surface area contributed by atoms with Crippen molar-refractivity contribution in [3.63, 3.8) is 0 Å². The number of amides is 1. The van der Waals surface area contributed by atoms with Crippen molar-refractivity contribution in [3.05, 3.63) is 47.3 Å². The van der Waals surface area contributed by atoms with E-state index in [4.69, 9.17) is 16.7 Å². The molecule has 5 nitrogen and oxygen atoms in total. The minimum atomic E-state index is -1.24. The number of nitrogens with one attached hydrogen (secondary N) is 1. The summed E-state index contributed by atoms with van der Waals surface area (Å²) in [6.45, 7) is 3.33. The normalized spacial score (nSPS) is 11.5. The molecule has 0 fully saturated rings. The Hall–Kier alpha value is -2.08. The number of aliphatic carboxylic acids is 1. The topological polar surface area (TPSA) is 75.6 Å². The summed E-state index contributed by atoms with van der Waals surface area (Å²) >= 11 is 5.61. The first-order valence-corrected chi connectivity index (χ1v) is 6.02. The molecule has 7 heteroatoms. The van der Waals surface area contributed by atoms with Crippen LogP contribution in [0.25, 0.3) is 0 Å². The van der Waals surface area contributed by atoms with Gasteiger partial charge in [0, 0.05) is 6.42 Å². The van der Waals surface area contributed by atoms with Crippen molar-refractivity contribution in [3.8, 4) is 0 Å². The lowest BCUT2D eigenvalue weighted by Crippen LogP contribution is -2.42. The van der Waals surface area contributed by atoms with Crippen LogP contribution in [0, 0.1) is 5.82 Å². The lowest BCUT2D eigenvalue weighted by molar-refractivity contribution is -0.139. The molecule has 1 rings (SSSR count). The lowest BCUT2D eigenvalue weighted by Gasteiger charge is -2.14. The van der Waals surface area contributed by atoms with Crippen LogP contribution in [0.1, 0.15) is 5.56 Å². The van der Waals surface area contributed by atoms with E-state index in [2.05, 4.69) is 16.6 Å². The summed E-state index contributed by atoms with van der Waals surface area (Å²) in [4.78, 5) is 22.4. The molecule has 0 saturated heterocycles.